The number of fused-ring (bicyclic) bond motifs is 10. The van der Waals surface area contributed by atoms with Crippen molar-refractivity contribution in [3.8, 4) is 34.5 Å². The smallest absolute Gasteiger partial charge is 0.126 e. The Morgan fingerprint density at radius 2 is 0.602 bits per heavy atom. The normalized spacial score (nSPS) is 15.6. The maximum atomic E-state index is 13.2. The third-order valence-corrected chi connectivity index (χ3v) is 20.8. The average molecular weight is 1310 g/mol. The molecule has 10 aromatic rings. The fourth-order valence-corrected chi connectivity index (χ4v) is 15.4. The number of aromatic hydroxyl groups is 2. The van der Waals surface area contributed by atoms with Gasteiger partial charge in [-0.15, -0.1) is 0 Å². The van der Waals surface area contributed by atoms with Crippen molar-refractivity contribution in [2.45, 2.75) is 168 Å². The lowest BCUT2D eigenvalue weighted by molar-refractivity contribution is 0.208. The Morgan fingerprint density at radius 1 is 0.327 bits per heavy atom. The molecule has 508 valence electrons. The van der Waals surface area contributed by atoms with Crippen LogP contribution < -0.4 is 18.9 Å². The number of phenolic OH excluding ortho intramolecular Hbond substituents is 2. The summed E-state index contributed by atoms with van der Waals surface area (Å²) in [6.07, 6.45) is 6.24. The van der Waals surface area contributed by atoms with E-state index in [-0.39, 0.29) is 58.5 Å². The molecule has 8 bridgehead atoms. The van der Waals surface area contributed by atoms with Crippen molar-refractivity contribution in [2.24, 2.45) is 0 Å². The van der Waals surface area contributed by atoms with E-state index in [4.69, 9.17) is 18.9 Å². The zero-order valence-electron chi connectivity index (χ0n) is 60.2. The number of phenols is 2. The van der Waals surface area contributed by atoms with Crippen molar-refractivity contribution in [1.29, 1.82) is 0 Å². The van der Waals surface area contributed by atoms with E-state index < -0.39 is 0 Å². The van der Waals surface area contributed by atoms with Gasteiger partial charge in [0.25, 0.3) is 0 Å². The van der Waals surface area contributed by atoms with Gasteiger partial charge in [0, 0.05) is 36.8 Å². The molecule has 3 aliphatic rings. The summed E-state index contributed by atoms with van der Waals surface area (Å²) in [7, 11) is 0. The summed E-state index contributed by atoms with van der Waals surface area (Å²) in [5, 5.41) is 31.2. The van der Waals surface area contributed by atoms with E-state index in [1.807, 2.05) is 0 Å². The lowest BCUT2D eigenvalue weighted by Crippen LogP contribution is -2.27. The van der Waals surface area contributed by atoms with E-state index in [0.29, 0.717) is 38.9 Å². The minimum Gasteiger partial charge on any atom is -0.507 e. The van der Waals surface area contributed by atoms with Gasteiger partial charge < -0.3 is 29.2 Å². The largest absolute Gasteiger partial charge is 0.507 e. The molecule has 0 aromatic heterocycles. The van der Waals surface area contributed by atoms with Crippen LogP contribution in [0.3, 0.4) is 0 Å². The van der Waals surface area contributed by atoms with Crippen LogP contribution >= 0.6 is 0 Å². The minimum absolute atomic E-state index is 0.0171. The van der Waals surface area contributed by atoms with Gasteiger partial charge in [-0.1, -0.05) is 253 Å². The fraction of sp³-hybridized carbons (Fsp3) is 0.378. The van der Waals surface area contributed by atoms with E-state index in [2.05, 4.69) is 275 Å². The highest BCUT2D eigenvalue weighted by Crippen LogP contribution is 2.47. The molecule has 8 nitrogen and oxygen atoms in total. The van der Waals surface area contributed by atoms with Crippen molar-refractivity contribution in [2.75, 3.05) is 52.6 Å². The number of hydrogen-bond acceptors (Lipinski definition) is 8. The molecular weight excluding hydrogens is 1200 g/mol. The first-order chi connectivity index (χ1) is 46.9. The summed E-state index contributed by atoms with van der Waals surface area (Å²) in [5.41, 5.74) is 15.5. The van der Waals surface area contributed by atoms with Gasteiger partial charge in [-0.25, -0.2) is 0 Å². The van der Waals surface area contributed by atoms with E-state index in [1.54, 1.807) is 0 Å². The van der Waals surface area contributed by atoms with Crippen molar-refractivity contribution in [1.82, 2.24) is 9.80 Å². The van der Waals surface area contributed by atoms with Crippen LogP contribution in [0.2, 0.25) is 0 Å². The second-order valence-electron chi connectivity index (χ2n) is 32.1. The first-order valence-corrected chi connectivity index (χ1v) is 36.1. The minimum atomic E-state index is -0.265. The molecule has 0 unspecified atom stereocenters. The number of likely N-dealkylation sites (tertiary alicyclic amines) is 2. The molecule has 2 aliphatic heterocycles. The monoisotopic (exact) mass is 1310 g/mol. The van der Waals surface area contributed by atoms with Gasteiger partial charge in [0.1, 0.15) is 60.9 Å². The predicted octanol–water partition coefficient (Wildman–Crippen LogP) is 20.6. The summed E-state index contributed by atoms with van der Waals surface area (Å²) in [5.74, 6) is 3.73. The Balaban J connectivity index is 0.911. The van der Waals surface area contributed by atoms with E-state index in [1.165, 1.54) is 69.5 Å². The molecule has 2 fully saturated rings. The van der Waals surface area contributed by atoms with Crippen LogP contribution in [0.25, 0.3) is 21.5 Å². The molecule has 2 atom stereocenters. The Labute approximate surface area is 583 Å². The summed E-state index contributed by atoms with van der Waals surface area (Å²) in [6.45, 7) is 32.3. The lowest BCUT2D eigenvalue weighted by atomic mass is 9.79. The van der Waals surface area contributed by atoms with Gasteiger partial charge in [-0.3, -0.25) is 9.80 Å². The van der Waals surface area contributed by atoms with E-state index in [9.17, 15) is 10.2 Å². The van der Waals surface area contributed by atoms with Gasteiger partial charge >= 0.3 is 0 Å². The second kappa shape index (κ2) is 28.0. The average Bonchev–Trinajstić information content (AvgIpc) is 1.41. The highest BCUT2D eigenvalue weighted by atomic mass is 16.5. The van der Waals surface area contributed by atoms with Crippen LogP contribution in [0, 0.1) is 0 Å². The summed E-state index contributed by atoms with van der Waals surface area (Å²) < 4.78 is 28.8. The predicted molar refractivity (Wildman–Crippen MR) is 403 cm³/mol. The molecule has 2 N–H and O–H groups in total. The third kappa shape index (κ3) is 14.6. The molecule has 0 saturated carbocycles. The standard InChI is InChI=1S/C90H102N2O6/c1-87(2,3)71-51-63-47-67-55-73(89(7,8)9)57-69(85(67)97-45-43-95-77-37-35-59-27-19-21-33-75(59)79(77)81(91-39-23-24-40-91)61-29-15-13-16-30-61)49-65-53-72(88(4,5)6)54-66(84(65)94)50-70-58-74(90(10,11)12)56-68(48-64(52-71)83(63)93)86(70)98-46-44-96-78-38-36-60-28-20-22-34-76(60)80(78)82(92-41-25-26-42-92)62-31-17-14-18-32-62/h13-22,27-38,51-58,81-82,93-94H,23-26,39-50H2,1-12H3/t81-,82-/m1/s1. The second-order valence-corrected chi connectivity index (χ2v) is 32.1. The first kappa shape index (κ1) is 68.0. The fourth-order valence-electron chi connectivity index (χ4n) is 15.4. The molecule has 1 aliphatic carbocycles. The maximum absolute atomic E-state index is 13.2. The summed E-state index contributed by atoms with van der Waals surface area (Å²) >= 11 is 0. The third-order valence-electron chi connectivity index (χ3n) is 20.8. The van der Waals surface area contributed by atoms with Crippen LogP contribution in [0.1, 0.15) is 210 Å². The van der Waals surface area contributed by atoms with Gasteiger partial charge in [-0.2, -0.15) is 0 Å². The zero-order chi connectivity index (χ0) is 68.7. The molecule has 10 aromatic carbocycles. The Kier molecular flexibility index (Phi) is 19.4. The van der Waals surface area contributed by atoms with Crippen molar-refractivity contribution in [3.05, 3.63) is 271 Å². The van der Waals surface area contributed by atoms with E-state index >= 15 is 0 Å². The number of hydrogen-bond donors (Lipinski definition) is 2. The van der Waals surface area contributed by atoms with Crippen LogP contribution in [0.15, 0.2) is 182 Å². The molecule has 0 amide bonds. The Morgan fingerprint density at radius 3 is 0.908 bits per heavy atom. The van der Waals surface area contributed by atoms with Crippen LogP contribution in [-0.4, -0.2) is 72.6 Å². The molecule has 98 heavy (non-hydrogen) atoms. The number of rotatable bonds is 16. The lowest BCUT2D eigenvalue weighted by Gasteiger charge is -2.31. The molecule has 13 rings (SSSR count). The highest BCUT2D eigenvalue weighted by Gasteiger charge is 2.34. The zero-order valence-corrected chi connectivity index (χ0v) is 60.2. The molecular formula is C90H102N2O6. The summed E-state index contributed by atoms with van der Waals surface area (Å²) in [6, 6.07) is 66.0. The summed E-state index contributed by atoms with van der Waals surface area (Å²) in [4.78, 5) is 5.23. The Hall–Kier alpha value is -8.56. The molecule has 0 radical (unpaired) electrons. The van der Waals surface area contributed by atoms with Crippen molar-refractivity contribution in [3.63, 3.8) is 0 Å². The molecule has 0 spiro atoms. The van der Waals surface area contributed by atoms with Crippen LogP contribution in [0.5, 0.6) is 34.5 Å². The Bertz CT molecular complexity index is 4110. The molecule has 2 saturated heterocycles. The van der Waals surface area contributed by atoms with Gasteiger partial charge in [-0.05, 0) is 185 Å². The maximum Gasteiger partial charge on any atom is 0.126 e. The SMILES string of the molecule is CC(C)(C)c1cc2c(O)c(c1)Cc1cc(C(C)(C)C)cc(c1OCCOc1ccc3ccccc3c1[C@@H](c1ccccc1)N1CCCC1)Cc1cc(C(C)(C)C)cc(c1O)Cc1cc(C(C)(C)C)cc(c1OCCOc1ccc3ccccc3c1[C@@H](c1ccccc1)N1CCCC1)C2. The molecule has 8 heteroatoms. The van der Waals surface area contributed by atoms with Gasteiger partial charge in [0.05, 0.1) is 12.1 Å². The van der Waals surface area contributed by atoms with Gasteiger partial charge in [0.15, 0.2) is 0 Å². The van der Waals surface area contributed by atoms with Crippen molar-refractivity contribution >= 4 is 21.5 Å². The molecule has 2 heterocycles. The number of benzene rings is 10. The topological polar surface area (TPSA) is 83.9 Å². The quantitative estimate of drug-likeness (QED) is 0.0926. The van der Waals surface area contributed by atoms with Gasteiger partial charge in [0.2, 0.25) is 0 Å². The van der Waals surface area contributed by atoms with Crippen molar-refractivity contribution < 1.29 is 29.2 Å². The van der Waals surface area contributed by atoms with Crippen LogP contribution in [0.4, 0.5) is 0 Å². The first-order valence-electron chi connectivity index (χ1n) is 36.1. The number of nitrogens with zero attached hydrogens (tertiary/aromatic N) is 2. The van der Waals surface area contributed by atoms with Crippen LogP contribution in [-0.2, 0) is 47.3 Å². The highest BCUT2D eigenvalue weighted by molar-refractivity contribution is 5.90. The number of ether oxygens (including phenoxy) is 4. The van der Waals surface area contributed by atoms with E-state index in [0.717, 1.165) is 116 Å².